The number of hydrogen-bond acceptors (Lipinski definition) is 0. The lowest BCUT2D eigenvalue weighted by molar-refractivity contribution is -0.137. The number of fused-ring (bicyclic) bond motifs is 18. The van der Waals surface area contributed by atoms with Crippen LogP contribution in [0.25, 0.3) is 197 Å². The molecule has 0 unspecified atom stereocenters. The number of rotatable bonds is 8. The summed E-state index contributed by atoms with van der Waals surface area (Å²) in [6.45, 7) is 17.7. The van der Waals surface area contributed by atoms with Crippen LogP contribution in [0.4, 0.5) is 24.5 Å². The van der Waals surface area contributed by atoms with Crippen molar-refractivity contribution >= 4 is 142 Å². The molecule has 0 radical (unpaired) electrons. The first kappa shape index (κ1) is 58.8. The van der Waals surface area contributed by atoms with E-state index >= 15 is 0 Å². The molecule has 6 aromatic heterocycles. The Balaban J connectivity index is 0.867. The van der Waals surface area contributed by atoms with Crippen molar-refractivity contribution in [3.8, 4) is 56.4 Å². The highest BCUT2D eigenvalue weighted by Crippen LogP contribution is 2.50. The first-order valence-corrected chi connectivity index (χ1v) is 34.5. The van der Waals surface area contributed by atoms with Crippen molar-refractivity contribution in [2.45, 2.75) is 6.18 Å². The molecule has 0 spiro atoms. The van der Waals surface area contributed by atoms with E-state index < -0.39 is 11.7 Å². The minimum atomic E-state index is -4.69. The van der Waals surface area contributed by atoms with Crippen molar-refractivity contribution in [2.75, 3.05) is 0 Å². The van der Waals surface area contributed by atoms with E-state index in [2.05, 4.69) is 310 Å². The standard InChI is InChI=1S/C93H53F3N8/c1-97-76-28-19-37-91(104-88-48-42-60(101-82-33-15-7-24-67(82)68-25-8-16-34-83(68)101)54-73(88)74-55-61(43-49-89(74)104)102-84-35-17-9-26-69(84)70-27-10-18-36-85(70)102)92(76)75-50-56(62-44-39-57(93(94,95)96)51-77(62)98-2)38-45-90(75)103-86-46-40-58(99-78-29-11-3-20-63(78)64-21-4-12-30-79(64)99)52-71(86)72-53-59(41-47-87(72)103)100-80-31-13-5-22-65(80)66-23-6-14-32-81(66)100/h3-55H. The highest BCUT2D eigenvalue weighted by Gasteiger charge is 2.32. The average molecular weight is 1340 g/mol. The zero-order valence-electron chi connectivity index (χ0n) is 55.3. The molecule has 104 heavy (non-hydrogen) atoms. The molecule has 0 bridgehead atoms. The van der Waals surface area contributed by atoms with Crippen LogP contribution in [0.15, 0.2) is 322 Å². The van der Waals surface area contributed by atoms with Gasteiger partial charge in [-0.15, -0.1) is 0 Å². The maximum absolute atomic E-state index is 14.7. The Morgan fingerprint density at radius 3 is 0.856 bits per heavy atom. The van der Waals surface area contributed by atoms with Crippen LogP contribution in [-0.4, -0.2) is 27.4 Å². The van der Waals surface area contributed by atoms with Crippen molar-refractivity contribution in [3.05, 3.63) is 350 Å². The van der Waals surface area contributed by atoms with Gasteiger partial charge in [0.1, 0.15) is 0 Å². The van der Waals surface area contributed by atoms with Gasteiger partial charge in [0.25, 0.3) is 0 Å². The van der Waals surface area contributed by atoms with E-state index in [4.69, 9.17) is 6.57 Å². The lowest BCUT2D eigenvalue weighted by Crippen LogP contribution is -2.04. The van der Waals surface area contributed by atoms with Crippen LogP contribution in [0.2, 0.25) is 0 Å². The first-order chi connectivity index (χ1) is 51.2. The van der Waals surface area contributed by atoms with Gasteiger partial charge in [0.05, 0.1) is 85.0 Å². The maximum atomic E-state index is 14.7. The van der Waals surface area contributed by atoms with Gasteiger partial charge in [0.15, 0.2) is 11.4 Å². The minimum Gasteiger partial charge on any atom is -0.310 e. The molecule has 6 heterocycles. The minimum absolute atomic E-state index is 0.148. The van der Waals surface area contributed by atoms with Crippen LogP contribution in [0.5, 0.6) is 0 Å². The second-order valence-electron chi connectivity index (χ2n) is 26.8. The molecule has 0 saturated carbocycles. The summed E-state index contributed by atoms with van der Waals surface area (Å²) in [7, 11) is 0. The van der Waals surface area contributed by atoms with Gasteiger partial charge in [-0.25, -0.2) is 9.69 Å². The number of para-hydroxylation sites is 8. The summed E-state index contributed by atoms with van der Waals surface area (Å²) in [4.78, 5) is 8.21. The number of benzene rings is 15. The molecular formula is C93H53F3N8. The lowest BCUT2D eigenvalue weighted by atomic mass is 9.93. The smallest absolute Gasteiger partial charge is 0.310 e. The summed E-state index contributed by atoms with van der Waals surface area (Å²) in [6.07, 6.45) is -4.69. The largest absolute Gasteiger partial charge is 0.415 e. The molecule has 8 nitrogen and oxygen atoms in total. The number of aromatic nitrogens is 6. The first-order valence-electron chi connectivity index (χ1n) is 34.5. The Morgan fingerprint density at radius 1 is 0.231 bits per heavy atom. The topological polar surface area (TPSA) is 38.3 Å². The van der Waals surface area contributed by atoms with E-state index in [9.17, 15) is 19.7 Å². The zero-order chi connectivity index (χ0) is 69.2. The van der Waals surface area contributed by atoms with Gasteiger partial charge in [-0.05, 0) is 162 Å². The molecule has 0 aliphatic heterocycles. The molecule has 0 atom stereocenters. The van der Waals surface area contributed by atoms with E-state index in [1.54, 1.807) is 0 Å². The average Bonchev–Trinajstić information content (AvgIpc) is 1.55. The molecule has 15 aromatic carbocycles. The fraction of sp³-hybridized carbons (Fsp3) is 0.0108. The highest BCUT2D eigenvalue weighted by molar-refractivity contribution is 6.18. The molecular weight excluding hydrogens is 1290 g/mol. The van der Waals surface area contributed by atoms with Crippen LogP contribution < -0.4 is 0 Å². The van der Waals surface area contributed by atoms with Gasteiger partial charge in [-0.2, -0.15) is 13.2 Å². The monoisotopic (exact) mass is 1340 g/mol. The summed E-state index contributed by atoms with van der Waals surface area (Å²) >= 11 is 0. The van der Waals surface area contributed by atoms with Crippen molar-refractivity contribution in [1.82, 2.24) is 27.4 Å². The molecule has 0 fully saturated rings. The fourth-order valence-corrected chi connectivity index (χ4v) is 17.1. The van der Waals surface area contributed by atoms with E-state index in [-0.39, 0.29) is 5.69 Å². The Morgan fingerprint density at radius 2 is 0.538 bits per heavy atom. The maximum Gasteiger partial charge on any atom is 0.415 e. The van der Waals surface area contributed by atoms with Gasteiger partial charge >= 0.3 is 6.18 Å². The number of alkyl halides is 3. The summed E-state index contributed by atoms with van der Waals surface area (Å²) in [5, 5.41) is 13.0. The van der Waals surface area contributed by atoms with Crippen LogP contribution >= 0.6 is 0 Å². The fourth-order valence-electron chi connectivity index (χ4n) is 17.1. The Hall–Kier alpha value is -14.1. The van der Waals surface area contributed by atoms with Crippen LogP contribution in [-0.2, 0) is 6.18 Å². The predicted octanol–water partition coefficient (Wildman–Crippen LogP) is 25.7. The van der Waals surface area contributed by atoms with Crippen molar-refractivity contribution in [3.63, 3.8) is 0 Å². The Kier molecular flexibility index (Phi) is 12.5. The van der Waals surface area contributed by atoms with Gasteiger partial charge in [0, 0.05) is 104 Å². The predicted molar refractivity (Wildman–Crippen MR) is 421 cm³/mol. The molecule has 0 aliphatic rings. The van der Waals surface area contributed by atoms with E-state index in [1.165, 1.54) is 6.07 Å². The van der Waals surface area contributed by atoms with E-state index in [0.717, 1.165) is 166 Å². The molecule has 0 aliphatic carbocycles. The van der Waals surface area contributed by atoms with Gasteiger partial charge in [-0.3, -0.25) is 0 Å². The van der Waals surface area contributed by atoms with E-state index in [0.29, 0.717) is 39.3 Å². The molecule has 21 rings (SSSR count). The normalized spacial score (nSPS) is 12.2. The molecule has 0 amide bonds. The Labute approximate surface area is 591 Å². The SMILES string of the molecule is [C-]#[N+]c1cc(C(F)(F)F)ccc1-c1ccc(-n2c3ccc(-n4c5ccccc5c5ccccc54)cc3c3cc(-n4c5ccccc5c5ccccc54)ccc32)c(-c2c([N+]#[C-])cccc2-n2c3ccc(-n4c5ccccc5c5ccccc54)cc3c3cc(-n4c5ccccc5c5ccccc54)ccc32)c1. The molecule has 11 heteroatoms. The number of hydrogen-bond donors (Lipinski definition) is 0. The van der Waals surface area contributed by atoms with Crippen molar-refractivity contribution < 1.29 is 13.2 Å². The number of halogens is 3. The zero-order valence-corrected chi connectivity index (χ0v) is 55.3. The van der Waals surface area contributed by atoms with Crippen LogP contribution in [0.3, 0.4) is 0 Å². The molecule has 486 valence electrons. The Bertz CT molecular complexity index is 6840. The second kappa shape index (κ2) is 22.2. The van der Waals surface area contributed by atoms with Crippen molar-refractivity contribution in [2.24, 2.45) is 0 Å². The van der Waals surface area contributed by atoms with Crippen LogP contribution in [0, 0.1) is 13.1 Å². The third-order valence-electron chi connectivity index (χ3n) is 21.5. The third kappa shape index (κ3) is 8.47. The summed E-state index contributed by atoms with van der Waals surface area (Å²) in [5.74, 6) is 0. The van der Waals surface area contributed by atoms with Gasteiger partial charge < -0.3 is 27.4 Å². The molecule has 21 aromatic rings. The van der Waals surface area contributed by atoms with Crippen LogP contribution in [0.1, 0.15) is 5.56 Å². The van der Waals surface area contributed by atoms with Gasteiger partial charge in [0.2, 0.25) is 0 Å². The molecule has 0 saturated heterocycles. The second-order valence-corrected chi connectivity index (χ2v) is 26.8. The lowest BCUT2D eigenvalue weighted by Gasteiger charge is -2.21. The molecule has 0 N–H and O–H groups in total. The highest BCUT2D eigenvalue weighted by atomic mass is 19.4. The summed E-state index contributed by atoms with van der Waals surface area (Å²) < 4.78 is 57.9. The summed E-state index contributed by atoms with van der Waals surface area (Å²) in [5.41, 5.74) is 18.7. The van der Waals surface area contributed by atoms with Gasteiger partial charge in [-0.1, -0.05) is 176 Å². The van der Waals surface area contributed by atoms with E-state index in [1.807, 2.05) is 30.3 Å². The summed E-state index contributed by atoms with van der Waals surface area (Å²) in [6, 6.07) is 110. The number of nitrogens with zero attached hydrogens (tertiary/aromatic N) is 8. The quantitative estimate of drug-likeness (QED) is 0.136. The third-order valence-corrected chi connectivity index (χ3v) is 21.5. The van der Waals surface area contributed by atoms with Crippen molar-refractivity contribution in [1.29, 1.82) is 0 Å².